The molecule has 6 heteroatoms. The van der Waals surface area contributed by atoms with Crippen molar-refractivity contribution in [2.45, 2.75) is 45.2 Å². The molecule has 6 nitrogen and oxygen atoms in total. The lowest BCUT2D eigenvalue weighted by Gasteiger charge is -2.27. The van der Waals surface area contributed by atoms with E-state index >= 15 is 0 Å². The van der Waals surface area contributed by atoms with Gasteiger partial charge in [-0.25, -0.2) is 0 Å². The molecule has 92 valence electrons. The third-order valence-corrected chi connectivity index (χ3v) is 2.24. The fourth-order valence-electron chi connectivity index (χ4n) is 1.63. The van der Waals surface area contributed by atoms with Crippen LogP contribution in [0.25, 0.3) is 0 Å². The molecule has 0 bridgehead atoms. The Labute approximate surface area is 93.5 Å². The fraction of sp³-hybridized carbons (Fsp3) is 0.800. The maximum Gasteiger partial charge on any atom is 0.303 e. The first-order valence-electron chi connectivity index (χ1n) is 5.04. The first-order valence-corrected chi connectivity index (χ1v) is 5.04. The van der Waals surface area contributed by atoms with Crippen molar-refractivity contribution in [3.63, 3.8) is 0 Å². The minimum Gasteiger partial charge on any atom is -0.460 e. The van der Waals surface area contributed by atoms with Gasteiger partial charge in [0.2, 0.25) is 5.79 Å². The molecule has 1 fully saturated rings. The zero-order valence-corrected chi connectivity index (χ0v) is 9.56. The molecule has 1 aliphatic rings. The van der Waals surface area contributed by atoms with E-state index in [-0.39, 0.29) is 12.7 Å². The van der Waals surface area contributed by atoms with Crippen molar-refractivity contribution in [3.8, 4) is 0 Å². The lowest BCUT2D eigenvalue weighted by molar-refractivity contribution is -0.252. The van der Waals surface area contributed by atoms with Crippen LogP contribution in [0.2, 0.25) is 0 Å². The summed E-state index contributed by atoms with van der Waals surface area (Å²) in [5.74, 6) is -2.78. The van der Waals surface area contributed by atoms with Crippen molar-refractivity contribution in [2.75, 3.05) is 6.61 Å². The Bertz CT molecular complexity index is 289. The van der Waals surface area contributed by atoms with Crippen LogP contribution in [0.1, 0.15) is 27.2 Å². The number of rotatable bonds is 3. The van der Waals surface area contributed by atoms with E-state index in [1.54, 1.807) is 6.92 Å². The first kappa shape index (κ1) is 12.9. The zero-order valence-electron chi connectivity index (χ0n) is 9.56. The maximum atomic E-state index is 10.8. The van der Waals surface area contributed by atoms with Crippen molar-refractivity contribution >= 4 is 11.9 Å². The summed E-state index contributed by atoms with van der Waals surface area (Å²) in [5.41, 5.74) is 0. The monoisotopic (exact) mass is 232 g/mol. The number of aliphatic hydroxyl groups is 1. The Balaban J connectivity index is 2.65. The smallest absolute Gasteiger partial charge is 0.303 e. The lowest BCUT2D eigenvalue weighted by Crippen LogP contribution is -2.46. The molecular weight excluding hydrogens is 216 g/mol. The molecule has 0 spiro atoms. The van der Waals surface area contributed by atoms with Gasteiger partial charge in [0.25, 0.3) is 0 Å². The molecule has 0 radical (unpaired) electrons. The molecule has 16 heavy (non-hydrogen) atoms. The van der Waals surface area contributed by atoms with Crippen LogP contribution >= 0.6 is 0 Å². The number of hydrogen-bond donors (Lipinski definition) is 1. The molecule has 1 N–H and O–H groups in total. The van der Waals surface area contributed by atoms with Crippen molar-refractivity contribution in [1.29, 1.82) is 0 Å². The summed E-state index contributed by atoms with van der Waals surface area (Å²) < 4.78 is 14.8. The highest BCUT2D eigenvalue weighted by atomic mass is 16.7. The van der Waals surface area contributed by atoms with E-state index in [1.165, 1.54) is 13.8 Å². The van der Waals surface area contributed by atoms with Crippen LogP contribution in [0.5, 0.6) is 0 Å². The molecule has 1 saturated heterocycles. The quantitative estimate of drug-likeness (QED) is 0.688. The van der Waals surface area contributed by atoms with Crippen molar-refractivity contribution < 1.29 is 28.9 Å². The second-order valence-corrected chi connectivity index (χ2v) is 3.89. The highest BCUT2D eigenvalue weighted by molar-refractivity contribution is 5.66. The van der Waals surface area contributed by atoms with Crippen LogP contribution in [0.4, 0.5) is 0 Å². The van der Waals surface area contributed by atoms with Crippen LogP contribution < -0.4 is 0 Å². The molecule has 0 aromatic rings. The Morgan fingerprint density at radius 3 is 2.56 bits per heavy atom. The number of carbonyl (C=O) groups is 2. The SMILES string of the molecule is CC(=O)OCC1(O)O[C@H](C)C[C@@H]1OC(C)=O. The number of carbonyl (C=O) groups excluding carboxylic acids is 2. The topological polar surface area (TPSA) is 82.1 Å². The number of esters is 2. The van der Waals surface area contributed by atoms with Gasteiger partial charge in [-0.3, -0.25) is 9.59 Å². The van der Waals surface area contributed by atoms with E-state index < -0.39 is 23.8 Å². The highest BCUT2D eigenvalue weighted by Gasteiger charge is 2.49. The van der Waals surface area contributed by atoms with Crippen LogP contribution in [0.15, 0.2) is 0 Å². The molecule has 1 aliphatic heterocycles. The molecule has 0 aliphatic carbocycles. The van der Waals surface area contributed by atoms with Gasteiger partial charge >= 0.3 is 11.9 Å². The normalized spacial score (nSPS) is 33.5. The van der Waals surface area contributed by atoms with Gasteiger partial charge in [-0.15, -0.1) is 0 Å². The largest absolute Gasteiger partial charge is 0.460 e. The lowest BCUT2D eigenvalue weighted by atomic mass is 10.1. The van der Waals surface area contributed by atoms with Gasteiger partial charge in [-0.2, -0.15) is 0 Å². The van der Waals surface area contributed by atoms with Crippen LogP contribution in [-0.2, 0) is 23.8 Å². The molecule has 3 atom stereocenters. The van der Waals surface area contributed by atoms with E-state index in [0.29, 0.717) is 6.42 Å². The van der Waals surface area contributed by atoms with E-state index in [9.17, 15) is 14.7 Å². The van der Waals surface area contributed by atoms with Gasteiger partial charge in [0, 0.05) is 20.3 Å². The summed E-state index contributed by atoms with van der Waals surface area (Å²) >= 11 is 0. The maximum absolute atomic E-state index is 10.8. The molecule has 1 unspecified atom stereocenters. The summed E-state index contributed by atoms with van der Waals surface area (Å²) in [6.07, 6.45) is -0.693. The molecule has 0 saturated carbocycles. The third kappa shape index (κ3) is 3.18. The predicted octanol–water partition coefficient (Wildman–Crippen LogP) is -0.0214. The molecule has 0 aromatic carbocycles. The Kier molecular flexibility index (Phi) is 3.88. The van der Waals surface area contributed by atoms with Crippen molar-refractivity contribution in [1.82, 2.24) is 0 Å². The van der Waals surface area contributed by atoms with E-state index in [0.717, 1.165) is 0 Å². The van der Waals surface area contributed by atoms with Gasteiger partial charge < -0.3 is 19.3 Å². The second-order valence-electron chi connectivity index (χ2n) is 3.89. The average Bonchev–Trinajstić information content (AvgIpc) is 2.38. The van der Waals surface area contributed by atoms with Gasteiger partial charge in [0.1, 0.15) is 6.61 Å². The minimum absolute atomic E-state index is 0.259. The summed E-state index contributed by atoms with van der Waals surface area (Å²) in [6, 6.07) is 0. The Morgan fingerprint density at radius 1 is 1.44 bits per heavy atom. The van der Waals surface area contributed by atoms with Gasteiger partial charge in [0.15, 0.2) is 6.10 Å². The number of hydrogen-bond acceptors (Lipinski definition) is 6. The van der Waals surface area contributed by atoms with Gasteiger partial charge in [-0.1, -0.05) is 0 Å². The zero-order chi connectivity index (χ0) is 12.3. The van der Waals surface area contributed by atoms with E-state index in [4.69, 9.17) is 9.47 Å². The minimum atomic E-state index is -1.74. The molecular formula is C10H16O6. The van der Waals surface area contributed by atoms with Crippen LogP contribution in [-0.4, -0.2) is 41.6 Å². The standard InChI is InChI=1S/C10H16O6/c1-6-4-9(15-8(3)12)10(13,16-6)5-14-7(2)11/h6,9,13H,4-5H2,1-3H3/t6-,9+,10?/m1/s1. The summed E-state index contributed by atoms with van der Waals surface area (Å²) in [6.45, 7) is 3.87. The predicted molar refractivity (Wildman–Crippen MR) is 52.3 cm³/mol. The molecule has 0 aromatic heterocycles. The summed E-state index contributed by atoms with van der Waals surface area (Å²) in [4.78, 5) is 21.5. The molecule has 0 amide bonds. The molecule has 1 heterocycles. The second kappa shape index (κ2) is 4.80. The Morgan fingerprint density at radius 2 is 2.06 bits per heavy atom. The summed E-state index contributed by atoms with van der Waals surface area (Å²) in [7, 11) is 0. The Hall–Kier alpha value is -1.14. The van der Waals surface area contributed by atoms with Crippen molar-refractivity contribution in [3.05, 3.63) is 0 Å². The summed E-state index contributed by atoms with van der Waals surface area (Å²) in [5, 5.41) is 10.0. The van der Waals surface area contributed by atoms with Crippen LogP contribution in [0.3, 0.4) is 0 Å². The van der Waals surface area contributed by atoms with Crippen LogP contribution in [0, 0.1) is 0 Å². The number of ether oxygens (including phenoxy) is 3. The third-order valence-electron chi connectivity index (χ3n) is 2.24. The fourth-order valence-corrected chi connectivity index (χ4v) is 1.63. The molecule has 1 rings (SSSR count). The first-order chi connectivity index (χ1) is 7.33. The van der Waals surface area contributed by atoms with Gasteiger partial charge in [-0.05, 0) is 6.92 Å². The van der Waals surface area contributed by atoms with E-state index in [1.807, 2.05) is 0 Å². The average molecular weight is 232 g/mol. The van der Waals surface area contributed by atoms with E-state index in [2.05, 4.69) is 4.74 Å². The van der Waals surface area contributed by atoms with Crippen molar-refractivity contribution in [2.24, 2.45) is 0 Å². The highest BCUT2D eigenvalue weighted by Crippen LogP contribution is 2.31. The van der Waals surface area contributed by atoms with Gasteiger partial charge in [0.05, 0.1) is 6.10 Å².